The summed E-state index contributed by atoms with van der Waals surface area (Å²) in [6, 6.07) is 10.3. The summed E-state index contributed by atoms with van der Waals surface area (Å²) >= 11 is 2.72. The van der Waals surface area contributed by atoms with Gasteiger partial charge in [-0.25, -0.2) is 0 Å². The van der Waals surface area contributed by atoms with Crippen LogP contribution in [0, 0.1) is 17.8 Å². The molecule has 6 rings (SSSR count). The Bertz CT molecular complexity index is 2500. The van der Waals surface area contributed by atoms with Crippen LogP contribution in [-0.4, -0.2) is 188 Å². The topological polar surface area (TPSA) is 240 Å². The zero-order chi connectivity index (χ0) is 55.7. The maximum atomic E-state index is 15.0. The fourth-order valence-electron chi connectivity index (χ4n) is 10.0. The molecular formula is C55H77N9O10S2. The Balaban J connectivity index is 1.37. The van der Waals surface area contributed by atoms with Crippen LogP contribution in [0.15, 0.2) is 70.6 Å². The first kappa shape index (κ1) is 59.4. The molecule has 414 valence electrons. The minimum atomic E-state index is -1.50. The molecule has 4 N–H and O–H groups in total. The molecule has 4 aliphatic rings. The lowest BCUT2D eigenvalue weighted by molar-refractivity contribution is -0.166. The van der Waals surface area contributed by atoms with Gasteiger partial charge in [-0.1, -0.05) is 88.4 Å². The molecular weight excluding hydrogens is 1010 g/mol. The smallest absolute Gasteiger partial charge is 0.311 e. The molecule has 0 radical (unpaired) electrons. The summed E-state index contributed by atoms with van der Waals surface area (Å²) in [4.78, 5) is 130. The van der Waals surface area contributed by atoms with Gasteiger partial charge in [0, 0.05) is 51.7 Å². The van der Waals surface area contributed by atoms with E-state index in [1.54, 1.807) is 55.0 Å². The van der Waals surface area contributed by atoms with E-state index in [9.17, 15) is 43.5 Å². The van der Waals surface area contributed by atoms with Gasteiger partial charge in [-0.2, -0.15) is 0 Å². The van der Waals surface area contributed by atoms with E-state index in [0.29, 0.717) is 40.7 Å². The van der Waals surface area contributed by atoms with Crippen molar-refractivity contribution in [3.8, 4) is 0 Å². The quantitative estimate of drug-likeness (QED) is 0.279. The number of amides is 7. The van der Waals surface area contributed by atoms with E-state index < -0.39 is 114 Å². The number of fused-ring (bicyclic) bond motifs is 3. The maximum Gasteiger partial charge on any atom is 0.311 e. The van der Waals surface area contributed by atoms with E-state index in [1.165, 1.54) is 61.3 Å². The predicted molar refractivity (Wildman–Crippen MR) is 294 cm³/mol. The minimum absolute atomic E-state index is 0.0399. The molecule has 21 heteroatoms. The number of nitrogens with one attached hydrogen (secondary N) is 3. The highest BCUT2D eigenvalue weighted by Crippen LogP contribution is 2.30. The highest BCUT2D eigenvalue weighted by molar-refractivity contribution is 8.14. The number of ether oxygens (including phenoxy) is 1. The second-order valence-electron chi connectivity index (χ2n) is 21.3. The molecule has 4 heterocycles. The van der Waals surface area contributed by atoms with E-state index in [4.69, 9.17) is 14.7 Å². The molecule has 2 aromatic carbocycles. The number of cyclic esters (lactones) is 1. The van der Waals surface area contributed by atoms with Crippen LogP contribution in [0.5, 0.6) is 0 Å². The van der Waals surface area contributed by atoms with Crippen LogP contribution < -0.4 is 16.0 Å². The van der Waals surface area contributed by atoms with E-state index >= 15 is 0 Å². The molecule has 19 nitrogen and oxygen atoms in total. The molecule has 4 bridgehead atoms. The number of aliphatic imine (C=N–C) groups is 2. The first-order chi connectivity index (χ1) is 36.0. The van der Waals surface area contributed by atoms with Crippen molar-refractivity contribution in [1.82, 2.24) is 35.6 Å². The first-order valence-electron chi connectivity index (χ1n) is 26.4. The van der Waals surface area contributed by atoms with Crippen molar-refractivity contribution in [1.29, 1.82) is 0 Å². The molecule has 0 aromatic heterocycles. The van der Waals surface area contributed by atoms with Gasteiger partial charge in [0.25, 0.3) is 5.91 Å². The van der Waals surface area contributed by atoms with Crippen molar-refractivity contribution < 1.29 is 48.2 Å². The number of carbonyl (C=O) groups is 8. The number of rotatable bonds is 8. The average Bonchev–Trinajstić information content (AvgIpc) is 4.20. The molecule has 2 aromatic rings. The molecule has 0 aliphatic carbocycles. The Morgan fingerprint density at radius 1 is 0.658 bits per heavy atom. The summed E-state index contributed by atoms with van der Waals surface area (Å²) in [5.74, 6) is -5.50. The summed E-state index contributed by atoms with van der Waals surface area (Å²) in [6.45, 7) is 13.9. The highest BCUT2D eigenvalue weighted by Gasteiger charge is 2.46. The first-order valence-corrected chi connectivity index (χ1v) is 28.3. The molecule has 1 fully saturated rings. The van der Waals surface area contributed by atoms with Crippen molar-refractivity contribution in [2.24, 2.45) is 27.7 Å². The van der Waals surface area contributed by atoms with Crippen LogP contribution in [0.4, 0.5) is 0 Å². The highest BCUT2D eigenvalue weighted by atomic mass is 32.2. The van der Waals surface area contributed by atoms with Gasteiger partial charge in [0.05, 0.1) is 34.2 Å². The molecule has 76 heavy (non-hydrogen) atoms. The van der Waals surface area contributed by atoms with Crippen LogP contribution in [0.2, 0.25) is 0 Å². The number of thioether (sulfide) groups is 2. The lowest BCUT2D eigenvalue weighted by Crippen LogP contribution is -2.59. The molecule has 0 saturated carbocycles. The Labute approximate surface area is 455 Å². The normalized spacial score (nSPS) is 29.8. The summed E-state index contributed by atoms with van der Waals surface area (Å²) in [6.07, 6.45) is -1.34. The third-order valence-corrected chi connectivity index (χ3v) is 17.1. The van der Waals surface area contributed by atoms with Gasteiger partial charge in [0.2, 0.25) is 35.4 Å². The molecule has 12 unspecified atom stereocenters. The third kappa shape index (κ3) is 14.4. The Morgan fingerprint density at radius 3 is 1.84 bits per heavy atom. The van der Waals surface area contributed by atoms with Crippen LogP contribution in [0.25, 0.3) is 0 Å². The van der Waals surface area contributed by atoms with Crippen molar-refractivity contribution in [2.45, 2.75) is 154 Å². The average molecular weight is 1090 g/mol. The fraction of sp³-hybridized carbons (Fsp3) is 0.600. The number of aliphatic hydroxyl groups excluding tert-OH is 1. The van der Waals surface area contributed by atoms with E-state index in [0.717, 1.165) is 5.56 Å². The van der Waals surface area contributed by atoms with Gasteiger partial charge in [0.1, 0.15) is 36.3 Å². The molecule has 7 amide bonds. The number of hydrogen-bond acceptors (Lipinski definition) is 14. The van der Waals surface area contributed by atoms with Crippen LogP contribution in [0.3, 0.4) is 0 Å². The largest absolute Gasteiger partial charge is 0.452 e. The maximum absolute atomic E-state index is 15.0. The van der Waals surface area contributed by atoms with Crippen LogP contribution in [-0.2, 0) is 55.9 Å². The van der Waals surface area contributed by atoms with Gasteiger partial charge in [0.15, 0.2) is 6.10 Å². The van der Waals surface area contributed by atoms with E-state index in [-0.39, 0.29) is 42.9 Å². The fourth-order valence-corrected chi connectivity index (χ4v) is 12.2. The van der Waals surface area contributed by atoms with Crippen molar-refractivity contribution in [2.75, 3.05) is 39.2 Å². The summed E-state index contributed by atoms with van der Waals surface area (Å²) in [5.41, 5.74) is 1.62. The van der Waals surface area contributed by atoms with Crippen molar-refractivity contribution >= 4 is 80.9 Å². The monoisotopic (exact) mass is 1090 g/mol. The zero-order valence-corrected chi connectivity index (χ0v) is 47.3. The lowest BCUT2D eigenvalue weighted by Gasteiger charge is -2.38. The zero-order valence-electron chi connectivity index (χ0n) is 45.6. The Hall–Kier alpha value is -5.80. The number of nitrogens with zero attached hydrogens (tertiary/aromatic N) is 6. The van der Waals surface area contributed by atoms with Crippen molar-refractivity contribution in [3.63, 3.8) is 0 Å². The second-order valence-corrected chi connectivity index (χ2v) is 23.4. The molecule has 4 aliphatic heterocycles. The number of carbonyl (C=O) groups excluding carboxylic acids is 8. The second kappa shape index (κ2) is 26.5. The standard InChI is InChI=1S/C55H77N9O10S2/c1-30(2)25-41-47(67)60-44(35(8)65)48(68)56-33(6)32(5)55(73)74-43(27-37-21-16-13-17-22-37)53(71)63(11)45(31(3)4)54(72)64-24-18-23-40(64)52(70)62(10)42(26-36-19-14-12-15-20-36)50-58-38(28-76-50)46(66)57-34(7)49-59-39(29-75-49)51(69)61(41)9/h12-17,19-22,30-35,38-45,65H,18,23-29H2,1-11H3,(H,56,68)(H,57,66)(H,60,67). The predicted octanol–water partition coefficient (Wildman–Crippen LogP) is 3.11. The Morgan fingerprint density at radius 2 is 1.24 bits per heavy atom. The summed E-state index contributed by atoms with van der Waals surface area (Å²) in [7, 11) is 4.68. The van der Waals surface area contributed by atoms with Gasteiger partial charge in [-0.15, -0.1) is 23.5 Å². The molecule has 1 saturated heterocycles. The summed E-state index contributed by atoms with van der Waals surface area (Å²) in [5, 5.41) is 20.4. The number of likely N-dealkylation sites (N-methyl/N-ethyl adjacent to an activating group) is 3. The SMILES string of the molecule is CC(C)CC1C(=O)NC(C(C)O)C(=O)NC(C)C(C)C(=O)OC(Cc2ccccc2)C(=O)N(C)C(C(C)C)C(=O)N2CCCC2C(=O)N(C)C(Cc2ccccc2)C2=NC(CS2)C(=O)NC(C)C2=NC(CS2)C(=O)N1C. The number of benzene rings is 2. The molecule has 0 spiro atoms. The minimum Gasteiger partial charge on any atom is -0.452 e. The van der Waals surface area contributed by atoms with E-state index in [1.807, 2.05) is 64.1 Å². The van der Waals surface area contributed by atoms with Gasteiger partial charge in [-0.05, 0) is 76.3 Å². The Kier molecular flexibility index (Phi) is 20.7. The van der Waals surface area contributed by atoms with Crippen LogP contribution in [0.1, 0.15) is 85.8 Å². The number of esters is 1. The number of aliphatic hydroxyl groups is 1. The van der Waals surface area contributed by atoms with Crippen molar-refractivity contribution in [3.05, 3.63) is 71.8 Å². The van der Waals surface area contributed by atoms with E-state index in [2.05, 4.69) is 16.0 Å². The lowest BCUT2D eigenvalue weighted by atomic mass is 9.98. The summed E-state index contributed by atoms with van der Waals surface area (Å²) < 4.78 is 6.05. The van der Waals surface area contributed by atoms with Gasteiger partial charge < -0.3 is 45.4 Å². The van der Waals surface area contributed by atoms with Gasteiger partial charge >= 0.3 is 5.97 Å². The van der Waals surface area contributed by atoms with Crippen LogP contribution >= 0.6 is 23.5 Å². The number of hydrogen-bond donors (Lipinski definition) is 4. The van der Waals surface area contributed by atoms with Gasteiger partial charge in [-0.3, -0.25) is 48.3 Å². The third-order valence-electron chi connectivity index (χ3n) is 14.7. The molecule has 12 atom stereocenters.